The van der Waals surface area contributed by atoms with Crippen LogP contribution in [0.15, 0.2) is 18.2 Å². The van der Waals surface area contributed by atoms with Crippen molar-refractivity contribution in [2.75, 3.05) is 13.7 Å². The van der Waals surface area contributed by atoms with E-state index >= 15 is 0 Å². The van der Waals surface area contributed by atoms with Crippen molar-refractivity contribution < 1.29 is 41.8 Å². The van der Waals surface area contributed by atoms with Crippen LogP contribution in [0.25, 0.3) is 11.0 Å². The Labute approximate surface area is 335 Å². The third-order valence-corrected chi connectivity index (χ3v) is 14.3. The van der Waals surface area contributed by atoms with Crippen LogP contribution in [0.4, 0.5) is 4.79 Å². The molecule has 1 aromatic carbocycles. The van der Waals surface area contributed by atoms with Crippen LogP contribution in [-0.2, 0) is 35.6 Å². The number of ether oxygens (including phenoxy) is 3. The molecule has 2 bridgehead atoms. The van der Waals surface area contributed by atoms with E-state index in [9.17, 15) is 27.6 Å². The van der Waals surface area contributed by atoms with Crippen molar-refractivity contribution in [2.45, 2.75) is 147 Å². The number of nitrogens with zero attached hydrogens (tertiary/aromatic N) is 3. The average molecular weight is 811 g/mol. The van der Waals surface area contributed by atoms with E-state index in [-0.39, 0.29) is 30.9 Å². The number of fused-ring (bicyclic) bond motifs is 5. The minimum Gasteiger partial charge on any atom is -0.497 e. The topological polar surface area (TPSA) is 195 Å². The Hall–Kier alpha value is -4.21. The second-order valence-corrected chi connectivity index (χ2v) is 19.8. The third kappa shape index (κ3) is 8.66. The lowest BCUT2D eigenvalue weighted by Gasteiger charge is -2.36. The summed E-state index contributed by atoms with van der Waals surface area (Å²) in [6.45, 7) is 9.37. The summed E-state index contributed by atoms with van der Waals surface area (Å²) in [6, 6.07) is 3.27. The molecular weight excluding hydrogens is 753 g/mol. The molecule has 1 aromatic heterocycles. The zero-order chi connectivity index (χ0) is 40.9. The number of carbonyl (C=O) groups is 4. The van der Waals surface area contributed by atoms with Crippen LogP contribution >= 0.6 is 0 Å². The van der Waals surface area contributed by atoms with E-state index in [0.717, 1.165) is 38.5 Å². The zero-order valence-electron chi connectivity index (χ0n) is 34.0. The number of carbonyl (C=O) groups excluding carboxylic acids is 4. The fraction of sp³-hybridized carbons (Fsp3) is 0.707. The Morgan fingerprint density at radius 1 is 1.04 bits per heavy atom. The molecule has 16 heteroatoms. The van der Waals surface area contributed by atoms with E-state index in [4.69, 9.17) is 24.2 Å². The van der Waals surface area contributed by atoms with Gasteiger partial charge in [-0.1, -0.05) is 53.9 Å². The van der Waals surface area contributed by atoms with Gasteiger partial charge < -0.3 is 29.7 Å². The molecule has 2 aromatic rings. The number of aromatic nitrogens is 2. The van der Waals surface area contributed by atoms with Crippen molar-refractivity contribution >= 4 is 44.9 Å². The van der Waals surface area contributed by atoms with Crippen LogP contribution in [0.2, 0.25) is 0 Å². The fourth-order valence-corrected chi connectivity index (χ4v) is 10.1. The first-order chi connectivity index (χ1) is 27.1. The summed E-state index contributed by atoms with van der Waals surface area (Å²) < 4.78 is 46.2. The largest absolute Gasteiger partial charge is 0.497 e. The maximum absolute atomic E-state index is 14.9. The van der Waals surface area contributed by atoms with Gasteiger partial charge in [0, 0.05) is 12.0 Å². The van der Waals surface area contributed by atoms with Crippen molar-refractivity contribution in [3.63, 3.8) is 0 Å². The van der Waals surface area contributed by atoms with Crippen molar-refractivity contribution in [2.24, 2.45) is 23.2 Å². The van der Waals surface area contributed by atoms with Gasteiger partial charge in [0.1, 0.15) is 41.3 Å². The molecule has 312 valence electrons. The van der Waals surface area contributed by atoms with Gasteiger partial charge in [0.15, 0.2) is 0 Å². The standard InChI is InChI=1S/C41H58N6O9S/c1-7-12-24-21-41(24,38(50)46-57(52,53)26-16-17-26)45-35(48)33-27(8-2)32-22-47(33)37(49)34(40(3,4)5)44-39(51)56-31-19-23(31)13-10-9-11-14-29-36(55-32)43-30-20-25(54-6)15-18-28(30)42-29/h15,18,20,23-24,26-27,31-34H,7-14,16-17,19,21-22H2,1-6H3,(H,44,51)(H,45,48)(H,46,50)/t23-,24-,27-,31-,32+,33+,34-,41-/m1/s1. The molecule has 4 fully saturated rings. The maximum Gasteiger partial charge on any atom is 0.408 e. The summed E-state index contributed by atoms with van der Waals surface area (Å²) in [5.74, 6) is -1.51. The summed E-state index contributed by atoms with van der Waals surface area (Å²) in [5.41, 5.74) is -0.306. The van der Waals surface area contributed by atoms with E-state index < -0.39 is 74.1 Å². The van der Waals surface area contributed by atoms with Gasteiger partial charge in [0.25, 0.3) is 5.91 Å². The molecule has 0 spiro atoms. The molecule has 8 atom stereocenters. The lowest BCUT2D eigenvalue weighted by Crippen LogP contribution is -2.61. The highest BCUT2D eigenvalue weighted by Gasteiger charge is 2.63. The van der Waals surface area contributed by atoms with Gasteiger partial charge in [-0.2, -0.15) is 0 Å². The molecule has 0 radical (unpaired) electrons. The zero-order valence-corrected chi connectivity index (χ0v) is 34.8. The van der Waals surface area contributed by atoms with Gasteiger partial charge in [-0.3, -0.25) is 19.1 Å². The molecule has 5 aliphatic rings. The molecule has 3 N–H and O–H groups in total. The van der Waals surface area contributed by atoms with Gasteiger partial charge >= 0.3 is 6.09 Å². The first kappa shape index (κ1) is 41.0. The number of rotatable bonds is 9. The second kappa shape index (κ2) is 15.9. The molecule has 4 amide bonds. The fourth-order valence-electron chi connectivity index (χ4n) is 8.77. The summed E-state index contributed by atoms with van der Waals surface area (Å²) >= 11 is 0. The van der Waals surface area contributed by atoms with E-state index in [0.29, 0.717) is 60.5 Å². The lowest BCUT2D eigenvalue weighted by molar-refractivity contribution is -0.143. The molecule has 0 unspecified atom stereocenters. The minimum absolute atomic E-state index is 0.0195. The van der Waals surface area contributed by atoms with Crippen molar-refractivity contribution in [3.8, 4) is 11.6 Å². The number of aryl methyl sites for hydroxylation is 1. The van der Waals surface area contributed by atoms with Gasteiger partial charge in [0.05, 0.1) is 29.9 Å². The van der Waals surface area contributed by atoms with Crippen molar-refractivity contribution in [1.29, 1.82) is 0 Å². The number of alkyl carbamates (subject to hydrolysis) is 1. The molecule has 2 aliphatic heterocycles. The quantitative estimate of drug-likeness (QED) is 0.322. The molecule has 3 aliphatic carbocycles. The SMILES string of the molecule is CCC[C@@H]1C[C@]1(NC(=O)[C@@H]1[C@H](CC)[C@@H]2CN1C(=O)[C@H](C(C)(C)C)NC(=O)O[C@@H]1C[C@H]1CCCCCc1nc3ccc(OC)cc3nc1O2)C(=O)NS(=O)(=O)C1CC1. The van der Waals surface area contributed by atoms with E-state index in [1.54, 1.807) is 13.2 Å². The first-order valence-electron chi connectivity index (χ1n) is 20.8. The Morgan fingerprint density at radius 3 is 2.49 bits per heavy atom. The predicted octanol–water partition coefficient (Wildman–Crippen LogP) is 4.55. The first-order valence-corrected chi connectivity index (χ1v) is 22.3. The second-order valence-electron chi connectivity index (χ2n) is 17.8. The summed E-state index contributed by atoms with van der Waals surface area (Å²) in [7, 11) is -2.31. The smallest absolute Gasteiger partial charge is 0.408 e. The molecular formula is C41H58N6O9S. The van der Waals surface area contributed by atoms with Crippen LogP contribution < -0.4 is 24.8 Å². The van der Waals surface area contributed by atoms with Gasteiger partial charge in [-0.25, -0.2) is 23.2 Å². The monoisotopic (exact) mass is 810 g/mol. The molecule has 1 saturated heterocycles. The molecule has 57 heavy (non-hydrogen) atoms. The summed E-state index contributed by atoms with van der Waals surface area (Å²) in [6.07, 6.45) is 6.34. The Bertz CT molecular complexity index is 2000. The maximum atomic E-state index is 14.9. The number of sulfonamides is 1. The normalized spacial score (nSPS) is 30.7. The summed E-state index contributed by atoms with van der Waals surface area (Å²) in [5, 5.41) is 5.21. The van der Waals surface area contributed by atoms with Crippen LogP contribution in [0.5, 0.6) is 11.6 Å². The van der Waals surface area contributed by atoms with Crippen LogP contribution in [0, 0.1) is 23.2 Å². The molecule has 3 heterocycles. The highest BCUT2D eigenvalue weighted by molar-refractivity contribution is 7.91. The predicted molar refractivity (Wildman–Crippen MR) is 211 cm³/mol. The highest BCUT2D eigenvalue weighted by Crippen LogP contribution is 2.48. The number of nitrogens with one attached hydrogen (secondary N) is 3. The van der Waals surface area contributed by atoms with Gasteiger partial charge in [-0.05, 0) is 87.2 Å². The molecule has 15 nitrogen and oxygen atoms in total. The van der Waals surface area contributed by atoms with Crippen molar-refractivity contribution in [3.05, 3.63) is 23.9 Å². The Morgan fingerprint density at radius 2 is 1.81 bits per heavy atom. The van der Waals surface area contributed by atoms with Crippen LogP contribution in [-0.4, -0.2) is 95.8 Å². The summed E-state index contributed by atoms with van der Waals surface area (Å²) in [4.78, 5) is 68.3. The number of methoxy groups -OCH3 is 1. The van der Waals surface area contributed by atoms with Crippen molar-refractivity contribution in [1.82, 2.24) is 30.2 Å². The molecule has 7 rings (SSSR count). The van der Waals surface area contributed by atoms with Crippen LogP contribution in [0.1, 0.15) is 111 Å². The Kier molecular flexibility index (Phi) is 11.4. The van der Waals surface area contributed by atoms with Crippen LogP contribution in [0.3, 0.4) is 0 Å². The molecule has 3 saturated carbocycles. The van der Waals surface area contributed by atoms with Gasteiger partial charge in [0.2, 0.25) is 27.7 Å². The number of benzene rings is 1. The van der Waals surface area contributed by atoms with Gasteiger partial charge in [-0.15, -0.1) is 0 Å². The van der Waals surface area contributed by atoms with E-state index in [2.05, 4.69) is 15.4 Å². The minimum atomic E-state index is -3.89. The third-order valence-electron chi connectivity index (χ3n) is 12.5. The number of hydrogen-bond donors (Lipinski definition) is 3. The number of hydrogen-bond acceptors (Lipinski definition) is 11. The lowest BCUT2D eigenvalue weighted by atomic mass is 9.85. The van der Waals surface area contributed by atoms with E-state index in [1.165, 1.54) is 4.90 Å². The Balaban J connectivity index is 1.26. The average Bonchev–Trinajstić information content (AvgIpc) is 4.09. The van der Waals surface area contributed by atoms with E-state index in [1.807, 2.05) is 46.8 Å². The highest BCUT2D eigenvalue weighted by atomic mass is 32.2. The number of amides is 4.